The van der Waals surface area contributed by atoms with Gasteiger partial charge in [-0.3, -0.25) is 14.7 Å². The van der Waals surface area contributed by atoms with E-state index in [0.717, 1.165) is 51.3 Å². The highest BCUT2D eigenvalue weighted by atomic mass is 16.5. The molecule has 24 heavy (non-hydrogen) atoms. The van der Waals surface area contributed by atoms with Gasteiger partial charge in [0.1, 0.15) is 0 Å². The minimum atomic E-state index is -0.112. The number of methoxy groups -OCH3 is 1. The maximum absolute atomic E-state index is 11.0. The zero-order valence-corrected chi connectivity index (χ0v) is 16.1. The minimum Gasteiger partial charge on any atom is -0.469 e. The Hall–Kier alpha value is -1.30. The first-order valence-electron chi connectivity index (χ1n) is 9.26. The van der Waals surface area contributed by atoms with Crippen LogP contribution in [0.3, 0.4) is 0 Å². The van der Waals surface area contributed by atoms with Crippen LogP contribution in [0.4, 0.5) is 0 Å². The summed E-state index contributed by atoms with van der Waals surface area (Å²) in [6.45, 7) is 9.94. The lowest BCUT2D eigenvalue weighted by Gasteiger charge is -2.22. The third-order valence-corrected chi connectivity index (χ3v) is 4.74. The number of hydrogen-bond acceptors (Lipinski definition) is 4. The first kappa shape index (κ1) is 20.7. The third kappa shape index (κ3) is 7.51. The molecule has 0 aromatic heterocycles. The Labute approximate surface area is 147 Å². The summed E-state index contributed by atoms with van der Waals surface area (Å²) in [6, 6.07) is 1.05. The average molecular weight is 341 g/mol. The second kappa shape index (κ2) is 11.3. The van der Waals surface area contributed by atoms with E-state index in [9.17, 15) is 4.79 Å². The van der Waals surface area contributed by atoms with Crippen molar-refractivity contribution in [2.45, 2.75) is 65.0 Å². The summed E-state index contributed by atoms with van der Waals surface area (Å²) in [6.07, 6.45) is 4.69. The van der Waals surface area contributed by atoms with Crippen LogP contribution in [-0.4, -0.2) is 62.7 Å². The minimum absolute atomic E-state index is 0.112. The molecule has 0 saturated carbocycles. The van der Waals surface area contributed by atoms with Crippen LogP contribution in [0.15, 0.2) is 4.99 Å². The monoisotopic (exact) mass is 340 g/mol. The van der Waals surface area contributed by atoms with Crippen molar-refractivity contribution >= 4 is 11.9 Å². The van der Waals surface area contributed by atoms with Crippen molar-refractivity contribution in [3.8, 4) is 0 Å². The highest BCUT2D eigenvalue weighted by molar-refractivity contribution is 5.80. The molecule has 6 heteroatoms. The number of hydrogen-bond donors (Lipinski definition) is 2. The Morgan fingerprint density at radius 3 is 2.54 bits per heavy atom. The van der Waals surface area contributed by atoms with Gasteiger partial charge in [0.25, 0.3) is 0 Å². The first-order valence-corrected chi connectivity index (χ1v) is 9.26. The second-order valence-electron chi connectivity index (χ2n) is 7.02. The van der Waals surface area contributed by atoms with Gasteiger partial charge in [0.2, 0.25) is 0 Å². The van der Waals surface area contributed by atoms with E-state index in [1.54, 1.807) is 0 Å². The fourth-order valence-corrected chi connectivity index (χ4v) is 3.04. The number of carbonyl (C=O) groups is 1. The molecule has 0 aromatic rings. The van der Waals surface area contributed by atoms with Gasteiger partial charge in [-0.1, -0.05) is 19.8 Å². The zero-order chi connectivity index (χ0) is 17.9. The summed E-state index contributed by atoms with van der Waals surface area (Å²) in [5.41, 5.74) is 0. The fraction of sp³-hybridized carbons (Fsp3) is 0.889. The fourth-order valence-electron chi connectivity index (χ4n) is 3.04. The molecule has 0 aromatic carbocycles. The Morgan fingerprint density at radius 1 is 1.25 bits per heavy atom. The van der Waals surface area contributed by atoms with E-state index in [1.165, 1.54) is 7.11 Å². The summed E-state index contributed by atoms with van der Waals surface area (Å²) in [4.78, 5) is 17.9. The normalized spacial score (nSPS) is 22.0. The Balaban J connectivity index is 2.16. The molecule has 1 aliphatic rings. The highest BCUT2D eigenvalue weighted by Crippen LogP contribution is 2.18. The molecule has 2 unspecified atom stereocenters. The molecule has 1 rings (SSSR count). The maximum Gasteiger partial charge on any atom is 0.305 e. The van der Waals surface area contributed by atoms with Crippen molar-refractivity contribution in [3.63, 3.8) is 0 Å². The molecule has 0 spiro atoms. The van der Waals surface area contributed by atoms with Crippen LogP contribution in [0.25, 0.3) is 0 Å². The summed E-state index contributed by atoms with van der Waals surface area (Å²) < 4.78 is 4.64. The van der Waals surface area contributed by atoms with E-state index in [2.05, 4.69) is 46.0 Å². The van der Waals surface area contributed by atoms with Crippen LogP contribution < -0.4 is 10.6 Å². The Kier molecular flexibility index (Phi) is 9.76. The molecular weight excluding hydrogens is 304 g/mol. The summed E-state index contributed by atoms with van der Waals surface area (Å²) in [7, 11) is 3.27. The third-order valence-electron chi connectivity index (χ3n) is 4.74. The molecule has 6 nitrogen and oxygen atoms in total. The molecule has 2 N–H and O–H groups in total. The van der Waals surface area contributed by atoms with Crippen LogP contribution in [-0.2, 0) is 9.53 Å². The van der Waals surface area contributed by atoms with Crippen LogP contribution in [0.5, 0.6) is 0 Å². The number of nitrogens with one attached hydrogen (secondary N) is 2. The predicted octanol–water partition coefficient (Wildman–Crippen LogP) is 2.00. The molecule has 140 valence electrons. The summed E-state index contributed by atoms with van der Waals surface area (Å²) in [5, 5.41) is 6.96. The van der Waals surface area contributed by atoms with E-state index < -0.39 is 0 Å². The number of carbonyl (C=O) groups excluding carboxylic acids is 1. The van der Waals surface area contributed by atoms with Crippen molar-refractivity contribution < 1.29 is 9.53 Å². The van der Waals surface area contributed by atoms with Crippen LogP contribution in [0.1, 0.15) is 52.9 Å². The Morgan fingerprint density at radius 2 is 1.96 bits per heavy atom. The number of aliphatic imine (C=N–C) groups is 1. The van der Waals surface area contributed by atoms with Crippen LogP contribution in [0, 0.1) is 5.92 Å². The quantitative estimate of drug-likeness (QED) is 0.291. The first-order chi connectivity index (χ1) is 11.5. The summed E-state index contributed by atoms with van der Waals surface area (Å²) >= 11 is 0. The smallest absolute Gasteiger partial charge is 0.305 e. The average Bonchev–Trinajstić information content (AvgIpc) is 2.93. The lowest BCUT2D eigenvalue weighted by Crippen LogP contribution is -2.47. The lowest BCUT2D eigenvalue weighted by molar-refractivity contribution is -0.140. The van der Waals surface area contributed by atoms with E-state index >= 15 is 0 Å². The van der Waals surface area contributed by atoms with Gasteiger partial charge in [-0.25, -0.2) is 0 Å². The second-order valence-corrected chi connectivity index (χ2v) is 7.02. The van der Waals surface area contributed by atoms with Crippen LogP contribution in [0.2, 0.25) is 0 Å². The molecule has 1 aliphatic heterocycles. The van der Waals surface area contributed by atoms with Crippen molar-refractivity contribution in [1.82, 2.24) is 15.5 Å². The van der Waals surface area contributed by atoms with Crippen molar-refractivity contribution in [1.29, 1.82) is 0 Å². The largest absolute Gasteiger partial charge is 0.469 e. The molecule has 0 amide bonds. The van der Waals surface area contributed by atoms with Crippen LogP contribution >= 0.6 is 0 Å². The lowest BCUT2D eigenvalue weighted by atomic mass is 10.1. The van der Waals surface area contributed by atoms with E-state index in [-0.39, 0.29) is 5.97 Å². The standard InChI is InChI=1S/C18H36N4O2/c1-14(2)22-12-15(3)16(13-22)21-18(19-4)20-11-9-7-6-8-10-17(23)24-5/h14-16H,6-13H2,1-5H3,(H2,19,20,21). The molecule has 0 aliphatic carbocycles. The topological polar surface area (TPSA) is 66.0 Å². The number of nitrogens with zero attached hydrogens (tertiary/aromatic N) is 2. The maximum atomic E-state index is 11.0. The van der Waals surface area contributed by atoms with Gasteiger partial charge in [-0.15, -0.1) is 0 Å². The van der Waals surface area contributed by atoms with Crippen molar-refractivity contribution in [2.75, 3.05) is 33.8 Å². The van der Waals surface area contributed by atoms with E-state index in [0.29, 0.717) is 24.4 Å². The highest BCUT2D eigenvalue weighted by Gasteiger charge is 2.31. The number of guanidine groups is 1. The van der Waals surface area contributed by atoms with E-state index in [1.807, 2.05) is 7.05 Å². The molecule has 0 radical (unpaired) electrons. The van der Waals surface area contributed by atoms with Gasteiger partial charge in [0, 0.05) is 45.2 Å². The Bertz CT molecular complexity index is 398. The van der Waals surface area contributed by atoms with Crippen molar-refractivity contribution in [2.24, 2.45) is 10.9 Å². The van der Waals surface area contributed by atoms with Gasteiger partial charge >= 0.3 is 5.97 Å². The van der Waals surface area contributed by atoms with Gasteiger partial charge in [-0.2, -0.15) is 0 Å². The number of rotatable bonds is 9. The van der Waals surface area contributed by atoms with Gasteiger partial charge in [0.05, 0.1) is 7.11 Å². The molecular formula is C18H36N4O2. The van der Waals surface area contributed by atoms with E-state index in [4.69, 9.17) is 0 Å². The van der Waals surface area contributed by atoms with Gasteiger partial charge < -0.3 is 15.4 Å². The number of esters is 1. The zero-order valence-electron chi connectivity index (χ0n) is 16.1. The van der Waals surface area contributed by atoms with Gasteiger partial charge in [0.15, 0.2) is 5.96 Å². The number of likely N-dealkylation sites (tertiary alicyclic amines) is 1. The SMILES string of the molecule is CN=C(NCCCCCCC(=O)OC)NC1CN(C(C)C)CC1C. The number of ether oxygens (including phenoxy) is 1. The predicted molar refractivity (Wildman–Crippen MR) is 99.3 cm³/mol. The molecule has 1 heterocycles. The molecule has 0 bridgehead atoms. The molecule has 1 fully saturated rings. The van der Waals surface area contributed by atoms with Gasteiger partial charge in [-0.05, 0) is 32.6 Å². The molecule has 1 saturated heterocycles. The molecule has 2 atom stereocenters. The summed E-state index contributed by atoms with van der Waals surface area (Å²) in [5.74, 6) is 1.41. The number of unbranched alkanes of at least 4 members (excludes halogenated alkanes) is 3. The van der Waals surface area contributed by atoms with Crippen molar-refractivity contribution in [3.05, 3.63) is 0 Å².